The van der Waals surface area contributed by atoms with Crippen LogP contribution in [-0.4, -0.2) is 81.5 Å². The summed E-state index contributed by atoms with van der Waals surface area (Å²) in [5.74, 6) is -6.19. The second-order valence-electron chi connectivity index (χ2n) is 6.43. The molecule has 0 aliphatic rings. The van der Waals surface area contributed by atoms with Crippen molar-refractivity contribution in [2.24, 2.45) is 11.5 Å². The van der Waals surface area contributed by atoms with Crippen LogP contribution in [0.2, 0.25) is 0 Å². The van der Waals surface area contributed by atoms with Crippen molar-refractivity contribution in [2.45, 2.75) is 49.9 Å². The first-order valence-corrected chi connectivity index (χ1v) is 10.3. The Labute approximate surface area is 188 Å². The molecule has 0 aromatic carbocycles. The number of carboxylic acids is 2. The zero-order chi connectivity index (χ0) is 24.1. The van der Waals surface area contributed by atoms with Crippen LogP contribution in [0.5, 0.6) is 0 Å². The fourth-order valence-corrected chi connectivity index (χ4v) is 2.60. The van der Waals surface area contributed by atoms with E-state index >= 15 is 0 Å². The fourth-order valence-electron chi connectivity index (χ4n) is 2.18. The van der Waals surface area contributed by atoms with E-state index in [0.717, 1.165) is 0 Å². The summed E-state index contributed by atoms with van der Waals surface area (Å²) in [6.45, 7) is 0. The summed E-state index contributed by atoms with van der Waals surface area (Å²) in [5, 5.41) is 24.7. The molecule has 0 radical (unpaired) electrons. The number of hydrogen-bond acceptors (Lipinski definition) is 9. The number of carbonyl (C=O) groups is 6. The minimum atomic E-state index is -1.44. The number of amides is 4. The average molecular weight is 482 g/mol. The summed E-state index contributed by atoms with van der Waals surface area (Å²) in [7, 11) is 0. The van der Waals surface area contributed by atoms with Gasteiger partial charge >= 0.3 is 11.9 Å². The summed E-state index contributed by atoms with van der Waals surface area (Å²) >= 11 is 7.82. The first kappa shape index (κ1) is 28.5. The standard InChI is InChI=1S/C16H27N5O8S2/c17-7(5-30)13(25)19-8(2-4-12(23)24)14(26)21-10(6-31)15(27)20-9(16(28)29)1-3-11(18)22/h7-10,30-31H,1-6,17H2,(H2,18,22)(H,19,25)(H,20,27)(H,21,26)(H,23,24)(H,28,29). The number of rotatable bonds is 15. The van der Waals surface area contributed by atoms with E-state index in [0.29, 0.717) is 0 Å². The van der Waals surface area contributed by atoms with Gasteiger partial charge < -0.3 is 37.6 Å². The predicted octanol–water partition coefficient (Wildman–Crippen LogP) is -3.16. The van der Waals surface area contributed by atoms with Gasteiger partial charge in [0.2, 0.25) is 23.6 Å². The predicted molar refractivity (Wildman–Crippen MR) is 114 cm³/mol. The summed E-state index contributed by atoms with van der Waals surface area (Å²) < 4.78 is 0. The topological polar surface area (TPSA) is 231 Å². The van der Waals surface area contributed by atoms with E-state index in [-0.39, 0.29) is 30.8 Å². The van der Waals surface area contributed by atoms with Crippen LogP contribution in [0.15, 0.2) is 0 Å². The Bertz CT molecular complexity index is 693. The molecule has 0 aromatic heterocycles. The van der Waals surface area contributed by atoms with Gasteiger partial charge in [0.05, 0.1) is 6.04 Å². The Morgan fingerprint density at radius 2 is 1.23 bits per heavy atom. The minimum Gasteiger partial charge on any atom is -0.481 e. The van der Waals surface area contributed by atoms with E-state index in [1.165, 1.54) is 0 Å². The molecule has 0 aliphatic heterocycles. The highest BCUT2D eigenvalue weighted by Crippen LogP contribution is 2.03. The molecule has 0 aliphatic carbocycles. The van der Waals surface area contributed by atoms with Crippen LogP contribution >= 0.6 is 25.3 Å². The molecule has 13 nitrogen and oxygen atoms in total. The summed E-state index contributed by atoms with van der Waals surface area (Å²) in [6.07, 6.45) is -1.30. The molecule has 31 heavy (non-hydrogen) atoms. The highest BCUT2D eigenvalue weighted by Gasteiger charge is 2.30. The maximum atomic E-state index is 12.5. The van der Waals surface area contributed by atoms with E-state index in [1.807, 2.05) is 0 Å². The van der Waals surface area contributed by atoms with Gasteiger partial charge in [-0.15, -0.1) is 0 Å². The Morgan fingerprint density at radius 3 is 1.68 bits per heavy atom. The maximum Gasteiger partial charge on any atom is 0.326 e. The summed E-state index contributed by atoms with van der Waals surface area (Å²) in [5.41, 5.74) is 10.5. The van der Waals surface area contributed by atoms with Crippen molar-refractivity contribution in [3.8, 4) is 0 Å². The van der Waals surface area contributed by atoms with Crippen LogP contribution < -0.4 is 27.4 Å². The fraction of sp³-hybridized carbons (Fsp3) is 0.625. The molecule has 4 unspecified atom stereocenters. The molecule has 0 aromatic rings. The lowest BCUT2D eigenvalue weighted by molar-refractivity contribution is -0.142. The molecule has 0 saturated heterocycles. The highest BCUT2D eigenvalue weighted by molar-refractivity contribution is 7.80. The van der Waals surface area contributed by atoms with Crippen LogP contribution in [0.4, 0.5) is 0 Å². The van der Waals surface area contributed by atoms with Crippen LogP contribution in [0.25, 0.3) is 0 Å². The van der Waals surface area contributed by atoms with Gasteiger partial charge in [-0.1, -0.05) is 0 Å². The van der Waals surface area contributed by atoms with Gasteiger partial charge in [-0.05, 0) is 12.8 Å². The zero-order valence-corrected chi connectivity index (χ0v) is 18.2. The molecule has 0 rings (SSSR count). The van der Waals surface area contributed by atoms with Crippen LogP contribution in [0, 0.1) is 0 Å². The normalized spacial score (nSPS) is 14.4. The third-order valence-electron chi connectivity index (χ3n) is 3.92. The highest BCUT2D eigenvalue weighted by atomic mass is 32.1. The maximum absolute atomic E-state index is 12.5. The van der Waals surface area contributed by atoms with E-state index in [2.05, 4.69) is 41.2 Å². The van der Waals surface area contributed by atoms with Gasteiger partial charge in [-0.25, -0.2) is 4.79 Å². The molecule has 176 valence electrons. The largest absolute Gasteiger partial charge is 0.481 e. The SMILES string of the molecule is NC(=O)CCC(NC(=O)C(CS)NC(=O)C(CCC(=O)O)NC(=O)C(N)CS)C(=O)O. The molecule has 4 atom stereocenters. The van der Waals surface area contributed by atoms with E-state index < -0.39 is 66.2 Å². The summed E-state index contributed by atoms with van der Waals surface area (Å²) in [6, 6.07) is -5.12. The van der Waals surface area contributed by atoms with Crippen LogP contribution in [0.3, 0.4) is 0 Å². The molecule has 4 amide bonds. The van der Waals surface area contributed by atoms with Crippen LogP contribution in [-0.2, 0) is 28.8 Å². The zero-order valence-electron chi connectivity index (χ0n) is 16.4. The van der Waals surface area contributed by atoms with Gasteiger partial charge in [-0.2, -0.15) is 25.3 Å². The summed E-state index contributed by atoms with van der Waals surface area (Å²) in [4.78, 5) is 69.8. The number of primary amides is 1. The Morgan fingerprint density at radius 1 is 0.742 bits per heavy atom. The second kappa shape index (κ2) is 14.5. The van der Waals surface area contributed by atoms with Gasteiger partial charge in [0, 0.05) is 24.3 Å². The number of thiol groups is 2. The third-order valence-corrected chi connectivity index (χ3v) is 4.68. The number of nitrogens with one attached hydrogen (secondary N) is 3. The molecular weight excluding hydrogens is 454 g/mol. The number of aliphatic carboxylic acids is 2. The molecule has 15 heteroatoms. The van der Waals surface area contributed by atoms with Crippen molar-refractivity contribution in [1.82, 2.24) is 16.0 Å². The Kier molecular flexibility index (Phi) is 13.3. The molecule has 0 bridgehead atoms. The van der Waals surface area contributed by atoms with Gasteiger partial charge in [0.15, 0.2) is 0 Å². The molecule has 0 spiro atoms. The molecule has 0 heterocycles. The van der Waals surface area contributed by atoms with E-state index in [4.69, 9.17) is 21.7 Å². The van der Waals surface area contributed by atoms with Crippen molar-refractivity contribution >= 4 is 60.8 Å². The monoisotopic (exact) mass is 481 g/mol. The lowest BCUT2D eigenvalue weighted by Crippen LogP contribution is -2.57. The van der Waals surface area contributed by atoms with Crippen molar-refractivity contribution in [2.75, 3.05) is 11.5 Å². The average Bonchev–Trinajstić information content (AvgIpc) is 2.70. The van der Waals surface area contributed by atoms with Crippen molar-refractivity contribution in [3.05, 3.63) is 0 Å². The second-order valence-corrected chi connectivity index (χ2v) is 7.16. The Balaban J connectivity index is 5.23. The molecular formula is C16H27N5O8S2. The molecule has 0 saturated carbocycles. The Hall–Kier alpha value is -2.52. The first-order valence-electron chi connectivity index (χ1n) is 9.04. The lowest BCUT2D eigenvalue weighted by atomic mass is 10.1. The number of hydrogen-bond donors (Lipinski definition) is 9. The third kappa shape index (κ3) is 11.4. The number of carbonyl (C=O) groups excluding carboxylic acids is 4. The minimum absolute atomic E-state index is 0.0251. The van der Waals surface area contributed by atoms with Crippen molar-refractivity contribution in [1.29, 1.82) is 0 Å². The smallest absolute Gasteiger partial charge is 0.326 e. The molecule has 9 N–H and O–H groups in total. The van der Waals surface area contributed by atoms with E-state index in [9.17, 15) is 28.8 Å². The first-order chi connectivity index (χ1) is 14.4. The quantitative estimate of drug-likeness (QED) is 0.107. The van der Waals surface area contributed by atoms with E-state index in [1.54, 1.807) is 0 Å². The molecule has 0 fully saturated rings. The van der Waals surface area contributed by atoms with Crippen LogP contribution in [0.1, 0.15) is 25.7 Å². The van der Waals surface area contributed by atoms with Gasteiger partial charge in [0.1, 0.15) is 18.1 Å². The number of carboxylic acid groups (broad SMARTS) is 2. The van der Waals surface area contributed by atoms with Crippen molar-refractivity contribution < 1.29 is 39.0 Å². The van der Waals surface area contributed by atoms with Gasteiger partial charge in [0.25, 0.3) is 0 Å². The lowest BCUT2D eigenvalue weighted by Gasteiger charge is -2.24. The van der Waals surface area contributed by atoms with Gasteiger partial charge in [-0.3, -0.25) is 24.0 Å². The van der Waals surface area contributed by atoms with Crippen molar-refractivity contribution in [3.63, 3.8) is 0 Å². The number of nitrogens with two attached hydrogens (primary N) is 2.